The van der Waals surface area contributed by atoms with Gasteiger partial charge in [0.25, 0.3) is 11.8 Å². The molecule has 0 saturated heterocycles. The molecule has 0 unspecified atom stereocenters. The Labute approximate surface area is 215 Å². The van der Waals surface area contributed by atoms with E-state index in [9.17, 15) is 14.0 Å². The molecule has 4 nitrogen and oxygen atoms in total. The molecule has 1 heterocycles. The number of hydrogen-bond donors (Lipinski definition) is 1. The first-order valence-corrected chi connectivity index (χ1v) is 13.3. The molecular weight excluding hydrogens is 471 g/mol. The fourth-order valence-electron chi connectivity index (χ4n) is 4.86. The van der Waals surface area contributed by atoms with Crippen LogP contribution in [0.15, 0.2) is 82.6 Å². The maximum absolute atomic E-state index is 13.7. The smallest absolute Gasteiger partial charge is 0.265 e. The summed E-state index contributed by atoms with van der Waals surface area (Å²) in [5, 5.41) is 3.21. The van der Waals surface area contributed by atoms with Crippen molar-refractivity contribution in [3.8, 4) is 0 Å². The van der Waals surface area contributed by atoms with Gasteiger partial charge in [-0.2, -0.15) is 0 Å². The van der Waals surface area contributed by atoms with Gasteiger partial charge in [-0.3, -0.25) is 9.59 Å². The molecule has 3 aromatic carbocycles. The van der Waals surface area contributed by atoms with E-state index >= 15 is 0 Å². The molecule has 1 saturated carbocycles. The molecular formula is C30H29FN2O2S. The maximum Gasteiger partial charge on any atom is 0.265 e. The zero-order valence-electron chi connectivity index (χ0n) is 20.2. The van der Waals surface area contributed by atoms with Crippen LogP contribution in [0.5, 0.6) is 0 Å². The highest BCUT2D eigenvalue weighted by atomic mass is 32.2. The Morgan fingerprint density at radius 1 is 1.06 bits per heavy atom. The fourth-order valence-corrected chi connectivity index (χ4v) is 5.90. The van der Waals surface area contributed by atoms with Gasteiger partial charge in [-0.15, -0.1) is 0 Å². The number of fused-ring (bicyclic) bond motifs is 1. The van der Waals surface area contributed by atoms with Crippen molar-refractivity contribution in [2.75, 3.05) is 4.90 Å². The van der Waals surface area contributed by atoms with Crippen LogP contribution in [-0.2, 0) is 11.3 Å². The van der Waals surface area contributed by atoms with Gasteiger partial charge >= 0.3 is 0 Å². The standard InChI is InChI=1S/C30H29FN2O2S/c1-20-7-5-6-10-25(20)32-29(34)23-13-16-27-26(18-23)33(19-22-11-14-24(31)15-12-22)30(35)28(36-27)17-21-8-3-2-4-9-21/h2-4,8-9,11-18,20,25H,5-7,10,19H2,1H3,(H,32,34)/b28-17-/t20-,25-/m0/s1. The molecule has 0 spiro atoms. The first kappa shape index (κ1) is 24.3. The van der Waals surface area contributed by atoms with Crippen molar-refractivity contribution in [2.24, 2.45) is 5.92 Å². The van der Waals surface area contributed by atoms with Gasteiger partial charge < -0.3 is 10.2 Å². The van der Waals surface area contributed by atoms with Crippen molar-refractivity contribution < 1.29 is 14.0 Å². The fraction of sp³-hybridized carbons (Fsp3) is 0.267. The van der Waals surface area contributed by atoms with Crippen LogP contribution in [0.1, 0.15) is 54.1 Å². The van der Waals surface area contributed by atoms with Crippen LogP contribution >= 0.6 is 11.8 Å². The molecule has 6 heteroatoms. The lowest BCUT2D eigenvalue weighted by Crippen LogP contribution is -2.41. The highest BCUT2D eigenvalue weighted by Gasteiger charge is 2.31. The maximum atomic E-state index is 13.7. The number of nitrogens with one attached hydrogen (secondary N) is 1. The van der Waals surface area contributed by atoms with E-state index in [0.717, 1.165) is 35.3 Å². The number of hydrogen-bond acceptors (Lipinski definition) is 3. The van der Waals surface area contributed by atoms with Crippen LogP contribution in [0.25, 0.3) is 6.08 Å². The van der Waals surface area contributed by atoms with Crippen molar-refractivity contribution in [1.82, 2.24) is 5.32 Å². The van der Waals surface area contributed by atoms with E-state index in [4.69, 9.17) is 0 Å². The largest absolute Gasteiger partial charge is 0.349 e. The summed E-state index contributed by atoms with van der Waals surface area (Å²) >= 11 is 1.41. The summed E-state index contributed by atoms with van der Waals surface area (Å²) in [7, 11) is 0. The van der Waals surface area contributed by atoms with Crippen LogP contribution in [-0.4, -0.2) is 17.9 Å². The molecule has 0 aromatic heterocycles. The Balaban J connectivity index is 1.48. The second-order valence-corrected chi connectivity index (χ2v) is 10.6. The average Bonchev–Trinajstić information content (AvgIpc) is 2.89. The Morgan fingerprint density at radius 3 is 2.56 bits per heavy atom. The lowest BCUT2D eigenvalue weighted by Gasteiger charge is -2.32. The van der Waals surface area contributed by atoms with Crippen molar-refractivity contribution >= 4 is 35.3 Å². The second-order valence-electron chi connectivity index (χ2n) is 9.56. The summed E-state index contributed by atoms with van der Waals surface area (Å²) in [5.41, 5.74) is 2.99. The summed E-state index contributed by atoms with van der Waals surface area (Å²) in [6.07, 6.45) is 6.35. The van der Waals surface area contributed by atoms with E-state index in [2.05, 4.69) is 12.2 Å². The number of anilines is 1. The van der Waals surface area contributed by atoms with Crippen LogP contribution < -0.4 is 10.2 Å². The van der Waals surface area contributed by atoms with E-state index in [1.807, 2.05) is 54.6 Å². The summed E-state index contributed by atoms with van der Waals surface area (Å²) in [6.45, 7) is 2.47. The lowest BCUT2D eigenvalue weighted by atomic mass is 9.86. The Hall–Kier alpha value is -3.38. The molecule has 1 aliphatic carbocycles. The van der Waals surface area contributed by atoms with Gasteiger partial charge in [-0.25, -0.2) is 4.39 Å². The second kappa shape index (κ2) is 10.7. The van der Waals surface area contributed by atoms with E-state index in [1.54, 1.807) is 17.0 Å². The van der Waals surface area contributed by atoms with Gasteiger partial charge in [0.15, 0.2) is 0 Å². The van der Waals surface area contributed by atoms with Crippen LogP contribution in [0.4, 0.5) is 10.1 Å². The lowest BCUT2D eigenvalue weighted by molar-refractivity contribution is -0.114. The van der Waals surface area contributed by atoms with Gasteiger partial charge in [0.2, 0.25) is 0 Å². The minimum Gasteiger partial charge on any atom is -0.349 e. The van der Waals surface area contributed by atoms with E-state index < -0.39 is 0 Å². The van der Waals surface area contributed by atoms with Crippen LogP contribution in [0.3, 0.4) is 0 Å². The van der Waals surface area contributed by atoms with Gasteiger partial charge in [0.1, 0.15) is 5.82 Å². The normalized spacial score (nSPS) is 20.8. The molecule has 0 bridgehead atoms. The molecule has 3 aromatic rings. The predicted molar refractivity (Wildman–Crippen MR) is 143 cm³/mol. The Kier molecular flexibility index (Phi) is 7.23. The molecule has 1 fully saturated rings. The topological polar surface area (TPSA) is 49.4 Å². The van der Waals surface area contributed by atoms with Crippen LogP contribution in [0, 0.1) is 11.7 Å². The molecule has 1 N–H and O–H groups in total. The van der Waals surface area contributed by atoms with E-state index in [1.165, 1.54) is 30.3 Å². The number of carbonyl (C=O) groups is 2. The summed E-state index contributed by atoms with van der Waals surface area (Å²) in [4.78, 5) is 30.0. The third kappa shape index (κ3) is 5.39. The molecule has 2 atom stereocenters. The molecule has 36 heavy (non-hydrogen) atoms. The van der Waals surface area contributed by atoms with Crippen molar-refractivity contribution in [1.29, 1.82) is 0 Å². The third-order valence-corrected chi connectivity index (χ3v) is 8.04. The molecule has 5 rings (SSSR count). The first-order valence-electron chi connectivity index (χ1n) is 12.4. The van der Waals surface area contributed by atoms with E-state index in [-0.39, 0.29) is 30.2 Å². The van der Waals surface area contributed by atoms with Crippen LogP contribution in [0.2, 0.25) is 0 Å². The zero-order valence-corrected chi connectivity index (χ0v) is 21.1. The zero-order chi connectivity index (χ0) is 25.1. The van der Waals surface area contributed by atoms with Gasteiger partial charge in [-0.05, 0) is 66.3 Å². The monoisotopic (exact) mass is 500 g/mol. The number of carbonyl (C=O) groups excluding carboxylic acids is 2. The Bertz CT molecular complexity index is 1290. The highest BCUT2D eigenvalue weighted by Crippen LogP contribution is 2.43. The molecule has 2 aliphatic rings. The van der Waals surface area contributed by atoms with E-state index in [0.29, 0.717) is 22.1 Å². The van der Waals surface area contributed by atoms with Crippen molar-refractivity contribution in [3.63, 3.8) is 0 Å². The van der Waals surface area contributed by atoms with Crippen molar-refractivity contribution in [3.05, 3.63) is 100 Å². The van der Waals surface area contributed by atoms with Crippen molar-refractivity contribution in [2.45, 2.75) is 50.1 Å². The molecule has 2 amide bonds. The summed E-state index contributed by atoms with van der Waals surface area (Å²) in [6, 6.07) is 21.6. The first-order chi connectivity index (χ1) is 17.5. The quantitative estimate of drug-likeness (QED) is 0.391. The van der Waals surface area contributed by atoms with Gasteiger partial charge in [-0.1, -0.05) is 74.0 Å². The van der Waals surface area contributed by atoms with Gasteiger partial charge in [0.05, 0.1) is 17.1 Å². The summed E-state index contributed by atoms with van der Waals surface area (Å²) in [5.74, 6) is -0.112. The number of halogens is 1. The summed E-state index contributed by atoms with van der Waals surface area (Å²) < 4.78 is 13.5. The minimum absolute atomic E-state index is 0.110. The SMILES string of the molecule is C[C@H]1CCCC[C@@H]1NC(=O)c1ccc2c(c1)N(Cc1ccc(F)cc1)C(=O)/C(=C/c1ccccc1)S2. The predicted octanol–water partition coefficient (Wildman–Crippen LogP) is 6.81. The molecule has 1 aliphatic heterocycles. The minimum atomic E-state index is -0.319. The average molecular weight is 501 g/mol. The number of rotatable bonds is 5. The van der Waals surface area contributed by atoms with Gasteiger partial charge in [0, 0.05) is 16.5 Å². The number of nitrogens with zero attached hydrogens (tertiary/aromatic N) is 1. The molecule has 0 radical (unpaired) electrons. The third-order valence-electron chi connectivity index (χ3n) is 6.97. The number of benzene rings is 3. The number of thioether (sulfide) groups is 1. The number of amides is 2. The Morgan fingerprint density at radius 2 is 1.81 bits per heavy atom. The molecule has 184 valence electrons. The highest BCUT2D eigenvalue weighted by molar-refractivity contribution is 8.04.